The summed E-state index contributed by atoms with van der Waals surface area (Å²) in [5, 5.41) is 0. The van der Waals surface area contributed by atoms with Gasteiger partial charge >= 0.3 is 0 Å². The van der Waals surface area contributed by atoms with Crippen LogP contribution in [0.5, 0.6) is 0 Å². The maximum atomic E-state index is 4.30. The van der Waals surface area contributed by atoms with Crippen LogP contribution in [0.2, 0.25) is 0 Å². The first kappa shape index (κ1) is 7.10. The minimum absolute atomic E-state index is 1.02. The lowest BCUT2D eigenvalue weighted by Gasteiger charge is -1.95. The highest BCUT2D eigenvalue weighted by molar-refractivity contribution is 5.57. The Hall–Kier alpha value is -1.57. The fourth-order valence-corrected chi connectivity index (χ4v) is 1.12. The maximum Gasteiger partial charge on any atom is 0.0717 e. The summed E-state index contributed by atoms with van der Waals surface area (Å²) in [5.41, 5.74) is 3.34. The fourth-order valence-electron chi connectivity index (χ4n) is 1.12. The van der Waals surface area contributed by atoms with E-state index >= 15 is 0 Å². The highest BCUT2D eigenvalue weighted by Crippen LogP contribution is 2.14. The van der Waals surface area contributed by atoms with E-state index in [0.29, 0.717) is 0 Å². The van der Waals surface area contributed by atoms with Gasteiger partial charge in [0.05, 0.1) is 5.69 Å². The van der Waals surface area contributed by atoms with E-state index in [-0.39, 0.29) is 0 Å². The molecule has 2 heterocycles. The highest BCUT2D eigenvalue weighted by Gasteiger charge is 1.96. The van der Waals surface area contributed by atoms with Crippen molar-refractivity contribution in [3.8, 4) is 11.3 Å². The fraction of sp³-hybridized carbons (Fsp3) is 0.100. The van der Waals surface area contributed by atoms with Crippen molar-refractivity contribution in [2.45, 2.75) is 6.92 Å². The lowest BCUT2D eigenvalue weighted by molar-refractivity contribution is 1.27. The first-order chi connectivity index (χ1) is 5.86. The Balaban J connectivity index is 2.43. The SMILES string of the molecule is Cc1ccc(-c2cc[nH]c2)nc1. The van der Waals surface area contributed by atoms with Gasteiger partial charge in [0.25, 0.3) is 0 Å². The van der Waals surface area contributed by atoms with E-state index in [1.165, 1.54) is 5.56 Å². The van der Waals surface area contributed by atoms with Gasteiger partial charge in [0.2, 0.25) is 0 Å². The molecular formula is C10H10N2. The predicted octanol–water partition coefficient (Wildman–Crippen LogP) is 2.39. The number of H-pyrrole nitrogens is 1. The third-order valence-electron chi connectivity index (χ3n) is 1.81. The molecule has 2 rings (SSSR count). The molecule has 2 heteroatoms. The Morgan fingerprint density at radius 2 is 2.17 bits per heavy atom. The van der Waals surface area contributed by atoms with Gasteiger partial charge in [-0.15, -0.1) is 0 Å². The lowest BCUT2D eigenvalue weighted by Crippen LogP contribution is -1.80. The number of pyridine rings is 1. The summed E-state index contributed by atoms with van der Waals surface area (Å²) in [6.45, 7) is 2.04. The van der Waals surface area contributed by atoms with Crippen LogP contribution in [0, 0.1) is 6.92 Å². The number of hydrogen-bond donors (Lipinski definition) is 1. The number of aryl methyl sites for hydroxylation is 1. The molecule has 1 N–H and O–H groups in total. The zero-order chi connectivity index (χ0) is 8.39. The molecule has 2 nitrogen and oxygen atoms in total. The largest absolute Gasteiger partial charge is 0.367 e. The summed E-state index contributed by atoms with van der Waals surface area (Å²) >= 11 is 0. The van der Waals surface area contributed by atoms with Gasteiger partial charge in [-0.1, -0.05) is 6.07 Å². The first-order valence-corrected chi connectivity index (χ1v) is 3.92. The van der Waals surface area contributed by atoms with Gasteiger partial charge in [-0.05, 0) is 24.6 Å². The quantitative estimate of drug-likeness (QED) is 0.678. The van der Waals surface area contributed by atoms with Gasteiger partial charge in [-0.25, -0.2) is 0 Å². The van der Waals surface area contributed by atoms with Crippen LogP contribution >= 0.6 is 0 Å². The smallest absolute Gasteiger partial charge is 0.0717 e. The average Bonchev–Trinajstić information content (AvgIpc) is 2.58. The molecule has 0 saturated carbocycles. The first-order valence-electron chi connectivity index (χ1n) is 3.92. The second-order valence-electron chi connectivity index (χ2n) is 2.82. The molecule has 60 valence electrons. The molecule has 0 atom stereocenters. The standard InChI is InChI=1S/C10H10N2/c1-8-2-3-10(12-6-8)9-4-5-11-7-9/h2-7,11H,1H3. The molecule has 0 aliphatic carbocycles. The van der Waals surface area contributed by atoms with Crippen molar-refractivity contribution in [1.29, 1.82) is 0 Å². The molecule has 0 bridgehead atoms. The topological polar surface area (TPSA) is 28.7 Å². The third-order valence-corrected chi connectivity index (χ3v) is 1.81. The number of rotatable bonds is 1. The summed E-state index contributed by atoms with van der Waals surface area (Å²) in [4.78, 5) is 7.30. The van der Waals surface area contributed by atoms with E-state index in [9.17, 15) is 0 Å². The van der Waals surface area contributed by atoms with Crippen LogP contribution in [0.25, 0.3) is 11.3 Å². The van der Waals surface area contributed by atoms with Gasteiger partial charge in [-0.3, -0.25) is 4.98 Å². The molecule has 0 saturated heterocycles. The second kappa shape index (κ2) is 2.81. The zero-order valence-electron chi connectivity index (χ0n) is 6.91. The van der Waals surface area contributed by atoms with Gasteiger partial charge in [0.1, 0.15) is 0 Å². The monoisotopic (exact) mass is 158 g/mol. The molecule has 0 aliphatic rings. The zero-order valence-corrected chi connectivity index (χ0v) is 6.91. The molecule has 0 unspecified atom stereocenters. The summed E-state index contributed by atoms with van der Waals surface area (Å²) < 4.78 is 0. The minimum atomic E-state index is 1.02. The Morgan fingerprint density at radius 3 is 2.75 bits per heavy atom. The average molecular weight is 158 g/mol. The number of hydrogen-bond acceptors (Lipinski definition) is 1. The van der Waals surface area contributed by atoms with Crippen molar-refractivity contribution < 1.29 is 0 Å². The summed E-state index contributed by atoms with van der Waals surface area (Å²) in [6, 6.07) is 6.10. The molecule has 0 aliphatic heterocycles. The van der Waals surface area contributed by atoms with Crippen LogP contribution in [0.1, 0.15) is 5.56 Å². The van der Waals surface area contributed by atoms with E-state index < -0.39 is 0 Å². The molecule has 0 radical (unpaired) electrons. The van der Waals surface area contributed by atoms with Crippen LogP contribution in [-0.2, 0) is 0 Å². The number of nitrogens with zero attached hydrogens (tertiary/aromatic N) is 1. The van der Waals surface area contributed by atoms with Crippen molar-refractivity contribution in [3.63, 3.8) is 0 Å². The molecule has 12 heavy (non-hydrogen) atoms. The van der Waals surface area contributed by atoms with Crippen molar-refractivity contribution >= 4 is 0 Å². The van der Waals surface area contributed by atoms with E-state index in [4.69, 9.17) is 0 Å². The molecule has 2 aromatic rings. The Kier molecular flexibility index (Phi) is 1.67. The van der Waals surface area contributed by atoms with E-state index in [1.807, 2.05) is 37.6 Å². The van der Waals surface area contributed by atoms with Gasteiger partial charge in [-0.2, -0.15) is 0 Å². The van der Waals surface area contributed by atoms with Gasteiger partial charge < -0.3 is 4.98 Å². The lowest BCUT2D eigenvalue weighted by atomic mass is 10.2. The van der Waals surface area contributed by atoms with Gasteiger partial charge in [0.15, 0.2) is 0 Å². The second-order valence-corrected chi connectivity index (χ2v) is 2.82. The van der Waals surface area contributed by atoms with Crippen LogP contribution in [0.3, 0.4) is 0 Å². The van der Waals surface area contributed by atoms with E-state index in [0.717, 1.165) is 11.3 Å². The number of aromatic amines is 1. The normalized spacial score (nSPS) is 10.1. The number of aromatic nitrogens is 2. The van der Waals surface area contributed by atoms with Crippen LogP contribution in [-0.4, -0.2) is 9.97 Å². The van der Waals surface area contributed by atoms with Crippen molar-refractivity contribution in [2.75, 3.05) is 0 Å². The van der Waals surface area contributed by atoms with E-state index in [2.05, 4.69) is 16.0 Å². The Bertz CT molecular complexity index is 346. The molecule has 0 fully saturated rings. The summed E-state index contributed by atoms with van der Waals surface area (Å²) in [7, 11) is 0. The highest BCUT2D eigenvalue weighted by atomic mass is 14.7. The molecule has 0 aromatic carbocycles. The van der Waals surface area contributed by atoms with Crippen LogP contribution in [0.15, 0.2) is 36.8 Å². The van der Waals surface area contributed by atoms with Crippen molar-refractivity contribution in [3.05, 3.63) is 42.4 Å². The molecule has 2 aromatic heterocycles. The van der Waals surface area contributed by atoms with Gasteiger partial charge in [0, 0.05) is 24.2 Å². The molecular weight excluding hydrogens is 148 g/mol. The summed E-state index contributed by atoms with van der Waals surface area (Å²) in [5.74, 6) is 0. The van der Waals surface area contributed by atoms with Crippen molar-refractivity contribution in [2.24, 2.45) is 0 Å². The minimum Gasteiger partial charge on any atom is -0.367 e. The maximum absolute atomic E-state index is 4.30. The predicted molar refractivity (Wildman–Crippen MR) is 48.8 cm³/mol. The Morgan fingerprint density at radius 1 is 1.25 bits per heavy atom. The van der Waals surface area contributed by atoms with Crippen LogP contribution in [0.4, 0.5) is 0 Å². The van der Waals surface area contributed by atoms with E-state index in [1.54, 1.807) is 0 Å². The Labute approximate surface area is 71.3 Å². The molecule has 0 amide bonds. The molecule has 0 spiro atoms. The van der Waals surface area contributed by atoms with Crippen LogP contribution < -0.4 is 0 Å². The van der Waals surface area contributed by atoms with Crippen molar-refractivity contribution in [1.82, 2.24) is 9.97 Å². The third kappa shape index (κ3) is 1.23. The number of nitrogens with one attached hydrogen (secondary N) is 1. The summed E-state index contributed by atoms with van der Waals surface area (Å²) in [6.07, 6.45) is 5.72.